The number of aromatic nitrogens is 1. The maximum Gasteiger partial charge on any atom is 0.142 e. The van der Waals surface area contributed by atoms with Crippen molar-refractivity contribution in [3.8, 4) is 0 Å². The van der Waals surface area contributed by atoms with Crippen molar-refractivity contribution < 1.29 is 0 Å². The lowest BCUT2D eigenvalue weighted by Crippen LogP contribution is -2.26. The molecule has 0 aromatic carbocycles. The summed E-state index contributed by atoms with van der Waals surface area (Å²) in [6.45, 7) is 0.934. The summed E-state index contributed by atoms with van der Waals surface area (Å²) in [5.41, 5.74) is 2.61. The smallest absolute Gasteiger partial charge is 0.142 e. The topological polar surface area (TPSA) is 54.2 Å². The third-order valence-electron chi connectivity index (χ3n) is 3.07. The molecule has 0 spiro atoms. The lowest BCUT2D eigenvalue weighted by Gasteiger charge is -2.23. The van der Waals surface area contributed by atoms with Gasteiger partial charge in [-0.1, -0.05) is 12.1 Å². The van der Waals surface area contributed by atoms with Crippen LogP contribution < -0.4 is 16.2 Å². The molecular formula is C13H16N4S. The summed E-state index contributed by atoms with van der Waals surface area (Å²) in [4.78, 5) is 8.27. The largest absolute Gasteiger partial charge is 0.348 e. The minimum Gasteiger partial charge on any atom is -0.348 e. The van der Waals surface area contributed by atoms with Gasteiger partial charge < -0.3 is 10.3 Å². The van der Waals surface area contributed by atoms with Crippen LogP contribution in [-0.2, 0) is 6.54 Å². The fourth-order valence-electron chi connectivity index (χ4n) is 2.02. The first-order valence-corrected chi connectivity index (χ1v) is 6.97. The molecule has 0 saturated heterocycles. The minimum atomic E-state index is 0.632. The van der Waals surface area contributed by atoms with Gasteiger partial charge in [0.05, 0.1) is 6.54 Å². The number of hydrogen-bond donors (Lipinski definition) is 2. The van der Waals surface area contributed by atoms with Crippen molar-refractivity contribution in [3.63, 3.8) is 0 Å². The molecule has 0 amide bonds. The Bertz CT molecular complexity index is 507. The van der Waals surface area contributed by atoms with Gasteiger partial charge in [-0.05, 0) is 36.4 Å². The normalized spacial score (nSPS) is 14.5. The second-order valence-electron chi connectivity index (χ2n) is 4.46. The first-order valence-electron chi connectivity index (χ1n) is 6.09. The highest BCUT2D eigenvalue weighted by Crippen LogP contribution is 2.33. The highest BCUT2D eigenvalue weighted by molar-refractivity contribution is 7.09. The van der Waals surface area contributed by atoms with E-state index in [1.807, 2.05) is 18.2 Å². The average molecular weight is 260 g/mol. The van der Waals surface area contributed by atoms with Gasteiger partial charge in [0.1, 0.15) is 11.6 Å². The Morgan fingerprint density at radius 2 is 2.22 bits per heavy atom. The Kier molecular flexibility index (Phi) is 3.17. The molecule has 2 heterocycles. The second-order valence-corrected chi connectivity index (χ2v) is 5.50. The standard InChI is InChI=1S/C13H16N4S/c14-16-12-4-1-5-13(15-12)17(10-6-7-10)9-11-3-2-8-18-11/h1-5,8,10H,6-7,9,14H2,(H,15,16). The summed E-state index contributed by atoms with van der Waals surface area (Å²) < 4.78 is 0. The van der Waals surface area contributed by atoms with Gasteiger partial charge in [0.25, 0.3) is 0 Å². The van der Waals surface area contributed by atoms with Gasteiger partial charge in [-0.25, -0.2) is 10.8 Å². The fourth-order valence-corrected chi connectivity index (χ4v) is 2.72. The molecule has 2 aromatic rings. The van der Waals surface area contributed by atoms with Crippen molar-refractivity contribution in [1.29, 1.82) is 0 Å². The van der Waals surface area contributed by atoms with E-state index in [0.717, 1.165) is 12.4 Å². The first kappa shape index (κ1) is 11.5. The molecule has 1 aliphatic carbocycles. The van der Waals surface area contributed by atoms with E-state index in [1.165, 1.54) is 17.7 Å². The number of pyridine rings is 1. The molecule has 4 nitrogen and oxygen atoms in total. The zero-order chi connectivity index (χ0) is 12.4. The predicted octanol–water partition coefficient (Wildman–Crippen LogP) is 2.60. The van der Waals surface area contributed by atoms with E-state index in [1.54, 1.807) is 11.3 Å². The van der Waals surface area contributed by atoms with E-state index in [2.05, 4.69) is 32.8 Å². The molecule has 0 radical (unpaired) electrons. The van der Waals surface area contributed by atoms with Crippen molar-refractivity contribution in [2.45, 2.75) is 25.4 Å². The summed E-state index contributed by atoms with van der Waals surface area (Å²) >= 11 is 1.79. The van der Waals surface area contributed by atoms with Crippen LogP contribution in [0, 0.1) is 0 Å². The number of thiophene rings is 1. The Morgan fingerprint density at radius 3 is 2.89 bits per heavy atom. The molecule has 0 bridgehead atoms. The number of hydrogen-bond acceptors (Lipinski definition) is 5. The third kappa shape index (κ3) is 2.47. The summed E-state index contributed by atoms with van der Waals surface area (Å²) in [5, 5.41) is 2.12. The Balaban J connectivity index is 1.84. The van der Waals surface area contributed by atoms with Gasteiger partial charge in [0.15, 0.2) is 0 Å². The van der Waals surface area contributed by atoms with Crippen LogP contribution in [0.1, 0.15) is 17.7 Å². The van der Waals surface area contributed by atoms with E-state index in [0.29, 0.717) is 11.9 Å². The molecule has 3 rings (SSSR count). The van der Waals surface area contributed by atoms with Crippen molar-refractivity contribution in [1.82, 2.24) is 4.98 Å². The maximum absolute atomic E-state index is 5.42. The number of nitrogen functional groups attached to an aromatic ring is 1. The molecule has 2 aromatic heterocycles. The van der Waals surface area contributed by atoms with E-state index in [4.69, 9.17) is 5.84 Å². The molecule has 1 fully saturated rings. The molecule has 0 unspecified atom stereocenters. The number of nitrogens with zero attached hydrogens (tertiary/aromatic N) is 2. The van der Waals surface area contributed by atoms with Crippen molar-refractivity contribution in [2.75, 3.05) is 10.3 Å². The van der Waals surface area contributed by atoms with Crippen molar-refractivity contribution in [2.24, 2.45) is 5.84 Å². The van der Waals surface area contributed by atoms with Gasteiger partial charge >= 0.3 is 0 Å². The zero-order valence-electron chi connectivity index (χ0n) is 10.0. The van der Waals surface area contributed by atoms with Crippen LogP contribution in [0.5, 0.6) is 0 Å². The van der Waals surface area contributed by atoms with E-state index < -0.39 is 0 Å². The SMILES string of the molecule is NNc1cccc(N(Cc2cccs2)C2CC2)n1. The molecule has 1 aliphatic rings. The lowest BCUT2D eigenvalue weighted by molar-refractivity contribution is 0.787. The van der Waals surface area contributed by atoms with Crippen LogP contribution in [0.2, 0.25) is 0 Å². The molecule has 5 heteroatoms. The van der Waals surface area contributed by atoms with Crippen molar-refractivity contribution >= 4 is 23.0 Å². The quantitative estimate of drug-likeness (QED) is 0.641. The number of hydrazine groups is 1. The van der Waals surface area contributed by atoms with Crippen LogP contribution in [-0.4, -0.2) is 11.0 Å². The maximum atomic E-state index is 5.42. The first-order chi connectivity index (χ1) is 8.86. The van der Waals surface area contributed by atoms with E-state index in [9.17, 15) is 0 Å². The molecule has 94 valence electrons. The summed E-state index contributed by atoms with van der Waals surface area (Å²) in [6, 6.07) is 10.8. The Morgan fingerprint density at radius 1 is 1.33 bits per heavy atom. The van der Waals surface area contributed by atoms with Gasteiger partial charge in [0, 0.05) is 10.9 Å². The Hall–Kier alpha value is -1.59. The predicted molar refractivity (Wildman–Crippen MR) is 75.6 cm³/mol. The average Bonchev–Trinajstić information content (AvgIpc) is 3.13. The summed E-state index contributed by atoms with van der Waals surface area (Å²) in [5.74, 6) is 7.13. The molecule has 0 atom stereocenters. The van der Waals surface area contributed by atoms with E-state index in [-0.39, 0.29) is 0 Å². The minimum absolute atomic E-state index is 0.632. The van der Waals surface area contributed by atoms with E-state index >= 15 is 0 Å². The number of nitrogens with two attached hydrogens (primary N) is 1. The summed E-state index contributed by atoms with van der Waals surface area (Å²) in [7, 11) is 0. The Labute approximate surface area is 110 Å². The molecular weight excluding hydrogens is 244 g/mol. The molecule has 1 saturated carbocycles. The van der Waals surface area contributed by atoms with Crippen molar-refractivity contribution in [3.05, 3.63) is 40.6 Å². The zero-order valence-corrected chi connectivity index (χ0v) is 10.9. The van der Waals surface area contributed by atoms with Gasteiger partial charge in [-0.15, -0.1) is 11.3 Å². The fraction of sp³-hybridized carbons (Fsp3) is 0.308. The van der Waals surface area contributed by atoms with Crippen LogP contribution >= 0.6 is 11.3 Å². The lowest BCUT2D eigenvalue weighted by atomic mass is 10.3. The van der Waals surface area contributed by atoms with Gasteiger partial charge in [0.2, 0.25) is 0 Å². The van der Waals surface area contributed by atoms with Crippen LogP contribution in [0.3, 0.4) is 0 Å². The van der Waals surface area contributed by atoms with Gasteiger partial charge in [-0.3, -0.25) is 0 Å². The summed E-state index contributed by atoms with van der Waals surface area (Å²) in [6.07, 6.45) is 2.51. The van der Waals surface area contributed by atoms with Crippen LogP contribution in [0.25, 0.3) is 0 Å². The highest BCUT2D eigenvalue weighted by atomic mass is 32.1. The number of nitrogens with one attached hydrogen (secondary N) is 1. The number of anilines is 2. The second kappa shape index (κ2) is 4.96. The molecule has 3 N–H and O–H groups in total. The molecule has 0 aliphatic heterocycles. The molecule has 18 heavy (non-hydrogen) atoms. The highest BCUT2D eigenvalue weighted by Gasteiger charge is 2.30. The number of rotatable bonds is 5. The third-order valence-corrected chi connectivity index (χ3v) is 3.93. The van der Waals surface area contributed by atoms with Gasteiger partial charge in [-0.2, -0.15) is 0 Å². The van der Waals surface area contributed by atoms with Crippen LogP contribution in [0.15, 0.2) is 35.7 Å². The van der Waals surface area contributed by atoms with Crippen LogP contribution in [0.4, 0.5) is 11.6 Å². The monoisotopic (exact) mass is 260 g/mol.